The van der Waals surface area contributed by atoms with Gasteiger partial charge in [-0.05, 0) is 43.0 Å². The summed E-state index contributed by atoms with van der Waals surface area (Å²) in [7, 11) is 0. The Balaban J connectivity index is 1.24. The van der Waals surface area contributed by atoms with Crippen LogP contribution in [0.4, 0.5) is 0 Å². The Morgan fingerprint density at radius 1 is 1.20 bits per heavy atom. The second-order valence-electron chi connectivity index (χ2n) is 7.21. The van der Waals surface area contributed by atoms with Crippen LogP contribution in [-0.4, -0.2) is 43.4 Å². The second-order valence-corrected chi connectivity index (χ2v) is 8.14. The molecular formula is C23H26N2O4S. The minimum absolute atomic E-state index is 0.0668. The van der Waals surface area contributed by atoms with Gasteiger partial charge in [0, 0.05) is 31.1 Å². The fourth-order valence-corrected chi connectivity index (χ4v) is 4.22. The topological polar surface area (TPSA) is 73.6 Å². The van der Waals surface area contributed by atoms with Crippen molar-refractivity contribution in [2.24, 2.45) is 0 Å². The number of para-hydroxylation sites is 2. The number of oxazole rings is 1. The van der Waals surface area contributed by atoms with Gasteiger partial charge in [0.2, 0.25) is 0 Å². The number of rotatable bonds is 10. The number of nitrogens with one attached hydrogen (secondary N) is 1. The van der Waals surface area contributed by atoms with Gasteiger partial charge in [0.1, 0.15) is 5.52 Å². The van der Waals surface area contributed by atoms with Gasteiger partial charge < -0.3 is 19.2 Å². The Bertz CT molecular complexity index is 936. The van der Waals surface area contributed by atoms with Crippen LogP contribution >= 0.6 is 11.8 Å². The van der Waals surface area contributed by atoms with Crippen LogP contribution in [0.15, 0.2) is 58.2 Å². The molecule has 1 N–H and O–H groups in total. The summed E-state index contributed by atoms with van der Waals surface area (Å²) in [5, 5.41) is 3.60. The first-order valence-electron chi connectivity index (χ1n) is 10.3. The van der Waals surface area contributed by atoms with E-state index >= 15 is 0 Å². The average Bonchev–Trinajstić information content (AvgIpc) is 3.44. The number of thioether (sulfide) groups is 1. The number of carbonyl (C=O) groups is 1. The Morgan fingerprint density at radius 3 is 2.93 bits per heavy atom. The minimum atomic E-state index is -0.0668. The van der Waals surface area contributed by atoms with Gasteiger partial charge in [0.05, 0.1) is 12.7 Å². The summed E-state index contributed by atoms with van der Waals surface area (Å²) in [5.41, 5.74) is 3.25. The van der Waals surface area contributed by atoms with Crippen LogP contribution in [0.2, 0.25) is 0 Å². The lowest BCUT2D eigenvalue weighted by molar-refractivity contribution is 0.0166. The average molecular weight is 427 g/mol. The molecule has 1 fully saturated rings. The van der Waals surface area contributed by atoms with Crippen LogP contribution in [0.1, 0.15) is 35.2 Å². The highest BCUT2D eigenvalue weighted by atomic mass is 32.2. The number of benzene rings is 2. The molecule has 1 saturated heterocycles. The third-order valence-electron chi connectivity index (χ3n) is 4.97. The molecule has 7 heteroatoms. The van der Waals surface area contributed by atoms with E-state index < -0.39 is 0 Å². The zero-order valence-electron chi connectivity index (χ0n) is 16.8. The van der Waals surface area contributed by atoms with Crippen LogP contribution < -0.4 is 5.32 Å². The first-order valence-corrected chi connectivity index (χ1v) is 11.3. The van der Waals surface area contributed by atoms with Crippen LogP contribution in [-0.2, 0) is 15.2 Å². The van der Waals surface area contributed by atoms with Gasteiger partial charge in [0.25, 0.3) is 11.1 Å². The van der Waals surface area contributed by atoms with Crippen molar-refractivity contribution >= 4 is 28.8 Å². The highest BCUT2D eigenvalue weighted by molar-refractivity contribution is 7.98. The summed E-state index contributed by atoms with van der Waals surface area (Å²) in [5.74, 6) is 0.545. The molecule has 1 amide bonds. The molecule has 0 bridgehead atoms. The quantitative estimate of drug-likeness (QED) is 0.382. The molecule has 1 unspecified atom stereocenters. The zero-order valence-corrected chi connectivity index (χ0v) is 17.7. The van der Waals surface area contributed by atoms with E-state index in [2.05, 4.69) is 10.3 Å². The predicted molar refractivity (Wildman–Crippen MR) is 117 cm³/mol. The lowest BCUT2D eigenvalue weighted by atomic mass is 10.1. The summed E-state index contributed by atoms with van der Waals surface area (Å²) >= 11 is 1.49. The summed E-state index contributed by atoms with van der Waals surface area (Å²) in [6.45, 7) is 2.68. The molecule has 2 heterocycles. The van der Waals surface area contributed by atoms with Crippen molar-refractivity contribution in [3.05, 3.63) is 59.7 Å². The van der Waals surface area contributed by atoms with Crippen molar-refractivity contribution in [3.8, 4) is 0 Å². The molecule has 3 aromatic rings. The normalized spacial score (nSPS) is 16.2. The molecule has 6 nitrogen and oxygen atoms in total. The first-order chi connectivity index (χ1) is 14.8. The van der Waals surface area contributed by atoms with E-state index in [1.165, 1.54) is 11.8 Å². The molecule has 1 aliphatic heterocycles. The Kier molecular flexibility index (Phi) is 7.39. The third-order valence-corrected chi connectivity index (χ3v) is 5.84. The highest BCUT2D eigenvalue weighted by Crippen LogP contribution is 2.27. The molecule has 0 aliphatic carbocycles. The number of amides is 1. The van der Waals surface area contributed by atoms with E-state index in [-0.39, 0.29) is 12.0 Å². The lowest BCUT2D eigenvalue weighted by Crippen LogP contribution is -2.26. The summed E-state index contributed by atoms with van der Waals surface area (Å²) in [6.07, 6.45) is 3.21. The number of carbonyl (C=O) groups excluding carboxylic acids is 1. The van der Waals surface area contributed by atoms with Crippen molar-refractivity contribution in [2.45, 2.75) is 36.3 Å². The fourth-order valence-electron chi connectivity index (χ4n) is 3.38. The smallest absolute Gasteiger partial charge is 0.257 e. The van der Waals surface area contributed by atoms with Crippen LogP contribution in [0.5, 0.6) is 0 Å². The Morgan fingerprint density at radius 2 is 2.07 bits per heavy atom. The third kappa shape index (κ3) is 5.62. The summed E-state index contributed by atoms with van der Waals surface area (Å²) in [6, 6.07) is 15.3. The number of hydrogen-bond donors (Lipinski definition) is 1. The van der Waals surface area contributed by atoms with E-state index in [0.717, 1.165) is 42.5 Å². The van der Waals surface area contributed by atoms with E-state index in [1.54, 1.807) is 0 Å². The summed E-state index contributed by atoms with van der Waals surface area (Å²) < 4.78 is 16.9. The number of ether oxygens (including phenoxy) is 2. The van der Waals surface area contributed by atoms with Gasteiger partial charge in [0.15, 0.2) is 5.58 Å². The molecule has 2 aromatic carbocycles. The van der Waals surface area contributed by atoms with Gasteiger partial charge in [-0.15, -0.1) is 0 Å². The molecule has 0 spiro atoms. The zero-order chi connectivity index (χ0) is 20.6. The van der Waals surface area contributed by atoms with Gasteiger partial charge in [-0.1, -0.05) is 42.1 Å². The van der Waals surface area contributed by atoms with Crippen molar-refractivity contribution < 1.29 is 18.7 Å². The van der Waals surface area contributed by atoms with Crippen molar-refractivity contribution in [1.82, 2.24) is 10.3 Å². The number of fused-ring (bicyclic) bond motifs is 1. The highest BCUT2D eigenvalue weighted by Gasteiger charge is 2.15. The standard InChI is InChI=1S/C23H26N2O4S/c26-22(24-12-6-13-27-15-18-8-5-14-28-18)19-9-2-1-7-17(19)16-30-23-25-20-10-3-4-11-21(20)29-23/h1-4,7,9-11,18H,5-6,8,12-16H2,(H,24,26). The monoisotopic (exact) mass is 426 g/mol. The number of aromatic nitrogens is 1. The molecule has 1 aliphatic rings. The molecule has 4 rings (SSSR count). The van der Waals surface area contributed by atoms with E-state index in [4.69, 9.17) is 13.9 Å². The van der Waals surface area contributed by atoms with Crippen molar-refractivity contribution in [1.29, 1.82) is 0 Å². The van der Waals surface area contributed by atoms with Crippen molar-refractivity contribution in [2.75, 3.05) is 26.4 Å². The molecular weight excluding hydrogens is 400 g/mol. The van der Waals surface area contributed by atoms with Crippen molar-refractivity contribution in [3.63, 3.8) is 0 Å². The molecule has 0 saturated carbocycles. The van der Waals surface area contributed by atoms with E-state index in [0.29, 0.717) is 36.3 Å². The van der Waals surface area contributed by atoms with Crippen LogP contribution in [0.3, 0.4) is 0 Å². The van der Waals surface area contributed by atoms with Gasteiger partial charge in [-0.25, -0.2) is 4.98 Å². The van der Waals surface area contributed by atoms with Gasteiger partial charge in [-0.3, -0.25) is 4.79 Å². The molecule has 1 aromatic heterocycles. The Hall–Kier alpha value is -2.35. The first kappa shape index (κ1) is 20.9. The number of hydrogen-bond acceptors (Lipinski definition) is 6. The largest absolute Gasteiger partial charge is 0.431 e. The van der Waals surface area contributed by atoms with E-state index in [9.17, 15) is 4.79 Å². The molecule has 158 valence electrons. The maximum Gasteiger partial charge on any atom is 0.257 e. The van der Waals surface area contributed by atoms with Crippen LogP contribution in [0, 0.1) is 0 Å². The maximum absolute atomic E-state index is 12.6. The Labute approximate surface area is 180 Å². The molecule has 1 atom stereocenters. The molecule has 30 heavy (non-hydrogen) atoms. The van der Waals surface area contributed by atoms with Crippen LogP contribution in [0.25, 0.3) is 11.1 Å². The fraction of sp³-hybridized carbons (Fsp3) is 0.391. The SMILES string of the molecule is O=C(NCCCOCC1CCCO1)c1ccccc1CSc1nc2ccccc2o1. The minimum Gasteiger partial charge on any atom is -0.431 e. The maximum atomic E-state index is 12.6. The molecule has 0 radical (unpaired) electrons. The summed E-state index contributed by atoms with van der Waals surface area (Å²) in [4.78, 5) is 17.1. The van der Waals surface area contributed by atoms with E-state index in [1.807, 2.05) is 48.5 Å². The van der Waals surface area contributed by atoms with Gasteiger partial charge in [-0.2, -0.15) is 0 Å². The lowest BCUT2D eigenvalue weighted by Gasteiger charge is -2.11. The van der Waals surface area contributed by atoms with Gasteiger partial charge >= 0.3 is 0 Å². The number of nitrogens with zero attached hydrogens (tertiary/aromatic N) is 1. The predicted octanol–water partition coefficient (Wildman–Crippen LogP) is 4.44. The second kappa shape index (κ2) is 10.6.